The number of alkyl halides is 3. The van der Waals surface area contributed by atoms with E-state index >= 15 is 0 Å². The molecule has 5 N–H and O–H groups in total. The van der Waals surface area contributed by atoms with Crippen molar-refractivity contribution in [3.05, 3.63) is 65.0 Å². The van der Waals surface area contributed by atoms with Crippen molar-refractivity contribution < 1.29 is 17.6 Å². The third-order valence-corrected chi connectivity index (χ3v) is 3.11. The van der Waals surface area contributed by atoms with E-state index < -0.39 is 23.6 Å². The minimum absolute atomic E-state index is 0.0671. The lowest BCUT2D eigenvalue weighted by Gasteiger charge is -2.20. The van der Waals surface area contributed by atoms with Gasteiger partial charge in [-0.25, -0.2) is 9.82 Å². The first-order chi connectivity index (χ1) is 9.84. The molecule has 2 aromatic carbocycles. The van der Waals surface area contributed by atoms with Gasteiger partial charge in [0.2, 0.25) is 0 Å². The quantitative estimate of drug-likeness (QED) is 0.353. The van der Waals surface area contributed by atoms with Crippen molar-refractivity contribution in [1.29, 1.82) is 0 Å². The number of nitrogen functional groups attached to an aromatic ring is 1. The highest BCUT2D eigenvalue weighted by atomic mass is 19.4. The summed E-state index contributed by atoms with van der Waals surface area (Å²) in [5.74, 6) is 4.79. The monoisotopic (exact) mass is 299 g/mol. The Kier molecular flexibility index (Phi) is 4.15. The van der Waals surface area contributed by atoms with Gasteiger partial charge in [-0.05, 0) is 29.8 Å². The number of benzene rings is 2. The second kappa shape index (κ2) is 5.71. The zero-order chi connectivity index (χ0) is 15.6. The van der Waals surface area contributed by atoms with E-state index in [1.807, 2.05) is 0 Å². The molecular formula is C14H13F4N3. The number of rotatable bonds is 3. The molecule has 0 spiro atoms. The fourth-order valence-electron chi connectivity index (χ4n) is 2.06. The van der Waals surface area contributed by atoms with Crippen LogP contribution in [0.4, 0.5) is 23.2 Å². The lowest BCUT2D eigenvalue weighted by atomic mass is 9.95. The molecular weight excluding hydrogens is 286 g/mol. The molecule has 7 heteroatoms. The first kappa shape index (κ1) is 15.3. The van der Waals surface area contributed by atoms with Crippen molar-refractivity contribution in [1.82, 2.24) is 5.43 Å². The highest BCUT2D eigenvalue weighted by Crippen LogP contribution is 2.35. The molecule has 0 amide bonds. The van der Waals surface area contributed by atoms with E-state index in [9.17, 15) is 17.6 Å². The molecule has 0 fully saturated rings. The summed E-state index contributed by atoms with van der Waals surface area (Å²) in [6.07, 6.45) is -4.52. The molecule has 1 atom stereocenters. The largest absolute Gasteiger partial charge is 0.416 e. The van der Waals surface area contributed by atoms with Crippen molar-refractivity contribution >= 4 is 5.69 Å². The average Bonchev–Trinajstić information content (AvgIpc) is 2.42. The van der Waals surface area contributed by atoms with Gasteiger partial charge in [0.15, 0.2) is 0 Å². The summed E-state index contributed by atoms with van der Waals surface area (Å²) in [7, 11) is 0. The summed E-state index contributed by atoms with van der Waals surface area (Å²) in [5.41, 5.74) is 7.42. The average molecular weight is 299 g/mol. The summed E-state index contributed by atoms with van der Waals surface area (Å²) in [5, 5.41) is 0. The van der Waals surface area contributed by atoms with Crippen molar-refractivity contribution in [2.75, 3.05) is 5.73 Å². The van der Waals surface area contributed by atoms with Crippen LogP contribution < -0.4 is 17.0 Å². The van der Waals surface area contributed by atoms with Gasteiger partial charge < -0.3 is 5.73 Å². The maximum absolute atomic E-state index is 13.8. The topological polar surface area (TPSA) is 64.1 Å². The molecule has 0 aliphatic heterocycles. The van der Waals surface area contributed by atoms with Crippen LogP contribution in [0.3, 0.4) is 0 Å². The van der Waals surface area contributed by atoms with Crippen LogP contribution in [-0.4, -0.2) is 0 Å². The first-order valence-corrected chi connectivity index (χ1v) is 6.01. The van der Waals surface area contributed by atoms with E-state index in [1.54, 1.807) is 6.07 Å². The normalized spacial score (nSPS) is 13.2. The fraction of sp³-hybridized carbons (Fsp3) is 0.143. The molecule has 112 valence electrons. The summed E-state index contributed by atoms with van der Waals surface area (Å²) < 4.78 is 52.2. The van der Waals surface area contributed by atoms with Crippen LogP contribution in [0.25, 0.3) is 0 Å². The van der Waals surface area contributed by atoms with Gasteiger partial charge in [-0.2, -0.15) is 13.2 Å². The third-order valence-electron chi connectivity index (χ3n) is 3.11. The van der Waals surface area contributed by atoms with Crippen molar-refractivity contribution in [2.45, 2.75) is 12.2 Å². The van der Waals surface area contributed by atoms with Crippen molar-refractivity contribution in [2.24, 2.45) is 5.84 Å². The fourth-order valence-corrected chi connectivity index (χ4v) is 2.06. The predicted molar refractivity (Wildman–Crippen MR) is 71.4 cm³/mol. The van der Waals surface area contributed by atoms with Crippen molar-refractivity contribution in [3.8, 4) is 0 Å². The second-order valence-corrected chi connectivity index (χ2v) is 4.46. The molecule has 0 saturated carbocycles. The van der Waals surface area contributed by atoms with Crippen LogP contribution >= 0.6 is 0 Å². The van der Waals surface area contributed by atoms with Gasteiger partial charge >= 0.3 is 6.18 Å². The molecule has 3 nitrogen and oxygen atoms in total. The Morgan fingerprint density at radius 3 is 2.24 bits per heavy atom. The number of nitrogens with two attached hydrogens (primary N) is 2. The number of hydrogen-bond donors (Lipinski definition) is 3. The Labute approximate surface area is 118 Å². The number of nitrogens with one attached hydrogen (secondary N) is 1. The molecule has 0 heterocycles. The lowest BCUT2D eigenvalue weighted by molar-refractivity contribution is -0.137. The van der Waals surface area contributed by atoms with Gasteiger partial charge in [0.25, 0.3) is 0 Å². The van der Waals surface area contributed by atoms with Gasteiger partial charge in [0, 0.05) is 11.3 Å². The molecule has 0 saturated heterocycles. The predicted octanol–water partition coefficient (Wildman–Crippen LogP) is 2.98. The molecule has 0 aliphatic carbocycles. The molecule has 2 aromatic rings. The number of anilines is 1. The highest BCUT2D eigenvalue weighted by Gasteiger charge is 2.32. The summed E-state index contributed by atoms with van der Waals surface area (Å²) in [6.45, 7) is 0. The SMILES string of the molecule is NNC(c1cc(C(F)(F)F)ccc1N)c1ccccc1F. The zero-order valence-corrected chi connectivity index (χ0v) is 10.8. The molecule has 2 rings (SSSR count). The Bertz CT molecular complexity index is 640. The van der Waals surface area contributed by atoms with Crippen LogP contribution in [-0.2, 0) is 6.18 Å². The van der Waals surface area contributed by atoms with E-state index in [-0.39, 0.29) is 16.8 Å². The smallest absolute Gasteiger partial charge is 0.398 e. The number of halogens is 4. The van der Waals surface area contributed by atoms with Crippen LogP contribution in [0, 0.1) is 5.82 Å². The van der Waals surface area contributed by atoms with Gasteiger partial charge in [-0.15, -0.1) is 0 Å². The summed E-state index contributed by atoms with van der Waals surface area (Å²) >= 11 is 0. The van der Waals surface area contributed by atoms with Gasteiger partial charge in [-0.3, -0.25) is 5.84 Å². The molecule has 1 unspecified atom stereocenters. The molecule has 0 aliphatic rings. The first-order valence-electron chi connectivity index (χ1n) is 6.01. The highest BCUT2D eigenvalue weighted by molar-refractivity contribution is 5.53. The van der Waals surface area contributed by atoms with Crippen molar-refractivity contribution in [3.63, 3.8) is 0 Å². The van der Waals surface area contributed by atoms with Gasteiger partial charge in [0.05, 0.1) is 11.6 Å². The van der Waals surface area contributed by atoms with Crippen LogP contribution in [0.15, 0.2) is 42.5 Å². The van der Waals surface area contributed by atoms with Crippen LogP contribution in [0.5, 0.6) is 0 Å². The standard InChI is InChI=1S/C14H13F4N3/c15-11-4-2-1-3-9(11)13(21-20)10-7-8(14(16,17)18)5-6-12(10)19/h1-7,13,21H,19-20H2. The van der Waals surface area contributed by atoms with E-state index in [0.29, 0.717) is 0 Å². The maximum atomic E-state index is 13.8. The Morgan fingerprint density at radius 1 is 1.00 bits per heavy atom. The maximum Gasteiger partial charge on any atom is 0.416 e. The molecule has 0 aromatic heterocycles. The lowest BCUT2D eigenvalue weighted by Crippen LogP contribution is -2.30. The number of hydrogen-bond acceptors (Lipinski definition) is 3. The van der Waals surface area contributed by atoms with Crippen LogP contribution in [0.2, 0.25) is 0 Å². The van der Waals surface area contributed by atoms with E-state index in [2.05, 4.69) is 5.43 Å². The van der Waals surface area contributed by atoms with Gasteiger partial charge in [0.1, 0.15) is 5.82 Å². The van der Waals surface area contributed by atoms with E-state index in [0.717, 1.165) is 18.2 Å². The van der Waals surface area contributed by atoms with Gasteiger partial charge in [-0.1, -0.05) is 18.2 Å². The minimum atomic E-state index is -4.52. The molecule has 0 bridgehead atoms. The minimum Gasteiger partial charge on any atom is -0.398 e. The van der Waals surface area contributed by atoms with E-state index in [4.69, 9.17) is 11.6 Å². The number of hydrazine groups is 1. The molecule has 0 radical (unpaired) electrons. The Morgan fingerprint density at radius 2 is 1.67 bits per heavy atom. The summed E-state index contributed by atoms with van der Waals surface area (Å²) in [4.78, 5) is 0. The molecule has 21 heavy (non-hydrogen) atoms. The third kappa shape index (κ3) is 3.14. The Balaban J connectivity index is 2.55. The zero-order valence-electron chi connectivity index (χ0n) is 10.8. The Hall–Kier alpha value is -2.12. The second-order valence-electron chi connectivity index (χ2n) is 4.46. The summed E-state index contributed by atoms with van der Waals surface area (Å²) in [6, 6.07) is 7.55. The van der Waals surface area contributed by atoms with E-state index in [1.165, 1.54) is 18.2 Å². The van der Waals surface area contributed by atoms with Crippen LogP contribution in [0.1, 0.15) is 22.7 Å².